The number of benzene rings is 1. The lowest BCUT2D eigenvalue weighted by Gasteiger charge is -2.48. The van der Waals surface area contributed by atoms with E-state index in [1.807, 2.05) is 6.07 Å². The van der Waals surface area contributed by atoms with E-state index in [1.165, 1.54) is 6.07 Å². The molecule has 2 fully saturated rings. The molecular formula is C25H32ClFN2O2. The van der Waals surface area contributed by atoms with Gasteiger partial charge >= 0.3 is 0 Å². The van der Waals surface area contributed by atoms with Crippen molar-refractivity contribution in [2.75, 3.05) is 31.6 Å². The molecule has 6 heteroatoms. The van der Waals surface area contributed by atoms with E-state index < -0.39 is 0 Å². The standard InChI is InChI=1S/C25H32ClFN2O2/c26-18-12-21-24(22(27)13-18)28-23(17-4-2-1-3-5-17)20-7-6-19(31-25(20)21)14-29-10-8-16(15-30)9-11-29/h1-4,12-13,16-17,19-20,23,25,28,30H,5-11,14-15H2/t17?,19-,20+,23+,25+/m1/s1. The molecule has 3 heterocycles. The van der Waals surface area contributed by atoms with Gasteiger partial charge in [0.25, 0.3) is 0 Å². The highest BCUT2D eigenvalue weighted by atomic mass is 35.5. The van der Waals surface area contributed by atoms with Crippen LogP contribution in [0, 0.1) is 23.6 Å². The van der Waals surface area contributed by atoms with Gasteiger partial charge in [0.15, 0.2) is 0 Å². The molecule has 5 atom stereocenters. The van der Waals surface area contributed by atoms with Crippen LogP contribution in [0.25, 0.3) is 0 Å². The van der Waals surface area contributed by atoms with Gasteiger partial charge < -0.3 is 20.1 Å². The van der Waals surface area contributed by atoms with Crippen molar-refractivity contribution in [3.63, 3.8) is 0 Å². The van der Waals surface area contributed by atoms with E-state index in [1.54, 1.807) is 0 Å². The molecule has 0 amide bonds. The highest BCUT2D eigenvalue weighted by molar-refractivity contribution is 6.30. The maximum atomic E-state index is 14.9. The van der Waals surface area contributed by atoms with Crippen molar-refractivity contribution < 1.29 is 14.2 Å². The lowest BCUT2D eigenvalue weighted by atomic mass is 9.73. The predicted molar refractivity (Wildman–Crippen MR) is 122 cm³/mol. The molecular weight excluding hydrogens is 415 g/mol. The van der Waals surface area contributed by atoms with Gasteiger partial charge in [-0.1, -0.05) is 35.9 Å². The number of aliphatic hydroxyl groups is 1. The molecule has 4 nitrogen and oxygen atoms in total. The van der Waals surface area contributed by atoms with E-state index in [2.05, 4.69) is 34.5 Å². The van der Waals surface area contributed by atoms with Gasteiger partial charge in [-0.15, -0.1) is 0 Å². The Kier molecular flexibility index (Phi) is 6.38. The largest absolute Gasteiger partial charge is 0.396 e. The number of anilines is 1. The number of halogens is 2. The van der Waals surface area contributed by atoms with E-state index in [0.29, 0.717) is 35.1 Å². The van der Waals surface area contributed by atoms with Gasteiger partial charge in [-0.05, 0) is 63.2 Å². The van der Waals surface area contributed by atoms with Crippen LogP contribution < -0.4 is 5.32 Å². The SMILES string of the molecule is OCC1CCN(C[C@H]2CC[C@@H]3[C@H](O2)c2cc(Cl)cc(F)c2N[C@H]3C2C=CC=CC2)CC1. The van der Waals surface area contributed by atoms with Crippen LogP contribution in [0.2, 0.25) is 5.02 Å². The van der Waals surface area contributed by atoms with Crippen LogP contribution in [0.3, 0.4) is 0 Å². The maximum Gasteiger partial charge on any atom is 0.148 e. The van der Waals surface area contributed by atoms with Gasteiger partial charge in [-0.3, -0.25) is 0 Å². The Morgan fingerprint density at radius 3 is 2.74 bits per heavy atom. The van der Waals surface area contributed by atoms with Gasteiger partial charge in [-0.2, -0.15) is 0 Å². The second-order valence-electron chi connectivity index (χ2n) is 9.58. The Balaban J connectivity index is 1.36. The third-order valence-electron chi connectivity index (χ3n) is 7.62. The number of hydrogen-bond acceptors (Lipinski definition) is 4. The number of nitrogens with zero attached hydrogens (tertiary/aromatic N) is 1. The zero-order valence-corrected chi connectivity index (χ0v) is 18.6. The van der Waals surface area contributed by atoms with Crippen LogP contribution in [0.15, 0.2) is 36.4 Å². The van der Waals surface area contributed by atoms with E-state index in [0.717, 1.165) is 57.3 Å². The summed E-state index contributed by atoms with van der Waals surface area (Å²) in [4.78, 5) is 2.46. The van der Waals surface area contributed by atoms with Gasteiger partial charge in [0, 0.05) is 41.6 Å². The lowest BCUT2D eigenvalue weighted by molar-refractivity contribution is -0.107. The number of rotatable bonds is 4. The van der Waals surface area contributed by atoms with Gasteiger partial charge in [0.1, 0.15) is 5.82 Å². The van der Waals surface area contributed by atoms with Crippen molar-refractivity contribution >= 4 is 17.3 Å². The van der Waals surface area contributed by atoms with Crippen LogP contribution in [0.4, 0.5) is 10.1 Å². The minimum Gasteiger partial charge on any atom is -0.396 e. The first-order valence-corrected chi connectivity index (χ1v) is 12.1. The molecule has 0 bridgehead atoms. The fourth-order valence-corrected chi connectivity index (χ4v) is 6.10. The smallest absolute Gasteiger partial charge is 0.148 e. The highest BCUT2D eigenvalue weighted by Gasteiger charge is 2.45. The summed E-state index contributed by atoms with van der Waals surface area (Å²) in [5.41, 5.74) is 1.42. The molecule has 168 valence electrons. The number of allylic oxidation sites excluding steroid dienone is 3. The van der Waals surface area contributed by atoms with E-state index in [9.17, 15) is 9.50 Å². The average Bonchev–Trinajstić information content (AvgIpc) is 2.80. The van der Waals surface area contributed by atoms with Gasteiger partial charge in [-0.25, -0.2) is 4.39 Å². The number of piperidine rings is 1. The highest BCUT2D eigenvalue weighted by Crippen LogP contribution is 2.49. The van der Waals surface area contributed by atoms with E-state index in [-0.39, 0.29) is 24.1 Å². The average molecular weight is 447 g/mol. The second-order valence-corrected chi connectivity index (χ2v) is 10.0. The Hall–Kier alpha value is -1.40. The maximum absolute atomic E-state index is 14.9. The molecule has 31 heavy (non-hydrogen) atoms. The summed E-state index contributed by atoms with van der Waals surface area (Å²) in [6.45, 7) is 3.23. The van der Waals surface area contributed by atoms with Crippen molar-refractivity contribution in [2.24, 2.45) is 17.8 Å². The predicted octanol–water partition coefficient (Wildman–Crippen LogP) is 4.95. The third kappa shape index (κ3) is 4.43. The number of hydrogen-bond donors (Lipinski definition) is 2. The number of nitrogens with one attached hydrogen (secondary N) is 1. The van der Waals surface area contributed by atoms with Gasteiger partial charge in [0.05, 0.1) is 17.9 Å². The monoisotopic (exact) mass is 446 g/mol. The molecule has 1 unspecified atom stereocenters. The van der Waals surface area contributed by atoms with Crippen molar-refractivity contribution in [1.82, 2.24) is 4.90 Å². The fourth-order valence-electron chi connectivity index (χ4n) is 5.89. The zero-order valence-electron chi connectivity index (χ0n) is 17.9. The van der Waals surface area contributed by atoms with E-state index >= 15 is 0 Å². The normalized spacial score (nSPS) is 33.6. The lowest BCUT2D eigenvalue weighted by Crippen LogP contribution is -2.49. The Labute approximate surface area is 189 Å². The van der Waals surface area contributed by atoms with Crippen LogP contribution in [-0.4, -0.2) is 48.4 Å². The van der Waals surface area contributed by atoms with Crippen LogP contribution in [0.5, 0.6) is 0 Å². The molecule has 1 aromatic carbocycles. The van der Waals surface area contributed by atoms with Crippen molar-refractivity contribution in [3.8, 4) is 0 Å². The number of ether oxygens (including phenoxy) is 1. The third-order valence-corrected chi connectivity index (χ3v) is 7.83. The molecule has 0 saturated carbocycles. The fraction of sp³-hybridized carbons (Fsp3) is 0.600. The summed E-state index contributed by atoms with van der Waals surface area (Å²) in [5.74, 6) is 0.770. The van der Waals surface area contributed by atoms with Crippen molar-refractivity contribution in [3.05, 3.63) is 52.8 Å². The summed E-state index contributed by atoms with van der Waals surface area (Å²) < 4.78 is 21.6. The summed E-state index contributed by atoms with van der Waals surface area (Å²) in [6.07, 6.45) is 13.8. The Bertz CT molecular complexity index is 852. The molecule has 4 aliphatic rings. The molecule has 2 saturated heterocycles. The minimum absolute atomic E-state index is 0.137. The molecule has 0 radical (unpaired) electrons. The molecule has 5 rings (SSSR count). The Morgan fingerprint density at radius 2 is 2.00 bits per heavy atom. The summed E-state index contributed by atoms with van der Waals surface area (Å²) >= 11 is 6.25. The molecule has 2 N–H and O–H groups in total. The molecule has 1 aromatic rings. The first-order chi connectivity index (χ1) is 15.1. The quantitative estimate of drug-likeness (QED) is 0.687. The topological polar surface area (TPSA) is 44.7 Å². The molecule has 3 aliphatic heterocycles. The first-order valence-electron chi connectivity index (χ1n) is 11.7. The van der Waals surface area contributed by atoms with Gasteiger partial charge in [0.2, 0.25) is 0 Å². The van der Waals surface area contributed by atoms with Crippen molar-refractivity contribution in [2.45, 2.75) is 50.4 Å². The van der Waals surface area contributed by atoms with Crippen LogP contribution in [-0.2, 0) is 4.74 Å². The van der Waals surface area contributed by atoms with Crippen molar-refractivity contribution in [1.29, 1.82) is 0 Å². The second kappa shape index (κ2) is 9.22. The Morgan fingerprint density at radius 1 is 1.16 bits per heavy atom. The van der Waals surface area contributed by atoms with Crippen LogP contribution in [0.1, 0.15) is 43.8 Å². The number of fused-ring (bicyclic) bond motifs is 3. The minimum atomic E-state index is -0.293. The molecule has 0 aromatic heterocycles. The molecule has 1 aliphatic carbocycles. The molecule has 0 spiro atoms. The number of likely N-dealkylation sites (tertiary alicyclic amines) is 1. The summed E-state index contributed by atoms with van der Waals surface area (Å²) in [6, 6.07) is 3.43. The van der Waals surface area contributed by atoms with Crippen LogP contribution >= 0.6 is 11.6 Å². The van der Waals surface area contributed by atoms with E-state index in [4.69, 9.17) is 16.3 Å². The zero-order chi connectivity index (χ0) is 21.4. The first kappa shape index (κ1) is 21.4. The summed E-state index contributed by atoms with van der Waals surface area (Å²) in [5, 5.41) is 13.4. The number of aliphatic hydroxyl groups excluding tert-OH is 1. The summed E-state index contributed by atoms with van der Waals surface area (Å²) in [7, 11) is 0.